The van der Waals surface area contributed by atoms with Gasteiger partial charge >= 0.3 is 0 Å². The fourth-order valence-corrected chi connectivity index (χ4v) is 4.62. The van der Waals surface area contributed by atoms with Gasteiger partial charge in [-0.3, -0.25) is 19.2 Å². The number of sulfonamides is 1. The number of para-hydroxylation sites is 1. The largest absolute Gasteiger partial charge is 0.324 e. The molecule has 0 unspecified atom stereocenters. The minimum atomic E-state index is -3.89. The number of hydrogen-bond donors (Lipinski definition) is 1. The van der Waals surface area contributed by atoms with E-state index in [1.807, 2.05) is 32.0 Å². The van der Waals surface area contributed by atoms with E-state index in [1.165, 1.54) is 18.2 Å². The number of nitro groups is 1. The SMILES string of the molecule is CCc1cccc(CC)c1NC(=O)[C@@H](CC)N(c1cccc([N+](=O)[O-])c1)S(C)(=O)=O. The van der Waals surface area contributed by atoms with E-state index < -0.39 is 26.9 Å². The lowest BCUT2D eigenvalue weighted by Gasteiger charge is -2.30. The fraction of sp³-hybridized carbons (Fsp3) is 0.381. The van der Waals surface area contributed by atoms with Gasteiger partial charge in [0.2, 0.25) is 15.9 Å². The average molecular weight is 434 g/mol. The molecule has 9 heteroatoms. The van der Waals surface area contributed by atoms with E-state index in [-0.39, 0.29) is 17.8 Å². The molecule has 1 amide bonds. The number of nitro benzene ring substituents is 1. The average Bonchev–Trinajstić information content (AvgIpc) is 2.70. The third-order valence-electron chi connectivity index (χ3n) is 4.87. The molecule has 0 bridgehead atoms. The van der Waals surface area contributed by atoms with Crippen LogP contribution in [0.4, 0.5) is 17.1 Å². The highest BCUT2D eigenvalue weighted by atomic mass is 32.2. The van der Waals surface area contributed by atoms with Gasteiger partial charge in [0.25, 0.3) is 5.69 Å². The predicted molar refractivity (Wildman–Crippen MR) is 118 cm³/mol. The lowest BCUT2D eigenvalue weighted by molar-refractivity contribution is -0.384. The van der Waals surface area contributed by atoms with Crippen molar-refractivity contribution in [1.82, 2.24) is 0 Å². The second-order valence-corrected chi connectivity index (χ2v) is 8.77. The van der Waals surface area contributed by atoms with E-state index in [1.54, 1.807) is 6.92 Å². The molecule has 0 spiro atoms. The molecule has 1 atom stereocenters. The minimum Gasteiger partial charge on any atom is -0.324 e. The molecule has 0 radical (unpaired) electrons. The van der Waals surface area contributed by atoms with Gasteiger partial charge in [-0.05, 0) is 36.5 Å². The van der Waals surface area contributed by atoms with Crippen molar-refractivity contribution in [3.63, 3.8) is 0 Å². The predicted octanol–water partition coefficient (Wildman–Crippen LogP) is 3.90. The van der Waals surface area contributed by atoms with E-state index in [0.717, 1.165) is 27.8 Å². The molecule has 2 aromatic carbocycles. The van der Waals surface area contributed by atoms with Crippen LogP contribution in [0.1, 0.15) is 38.3 Å². The lowest BCUT2D eigenvalue weighted by Crippen LogP contribution is -2.47. The monoisotopic (exact) mass is 433 g/mol. The maximum absolute atomic E-state index is 13.2. The zero-order valence-electron chi connectivity index (χ0n) is 17.6. The van der Waals surface area contributed by atoms with Gasteiger partial charge in [0.1, 0.15) is 6.04 Å². The zero-order chi connectivity index (χ0) is 22.5. The van der Waals surface area contributed by atoms with E-state index in [2.05, 4.69) is 5.32 Å². The fourth-order valence-electron chi connectivity index (χ4n) is 3.41. The van der Waals surface area contributed by atoms with E-state index in [0.29, 0.717) is 18.5 Å². The number of carbonyl (C=O) groups excluding carboxylic acids is 1. The van der Waals surface area contributed by atoms with Crippen molar-refractivity contribution in [1.29, 1.82) is 0 Å². The van der Waals surface area contributed by atoms with E-state index >= 15 is 0 Å². The quantitative estimate of drug-likeness (QED) is 0.476. The highest BCUT2D eigenvalue weighted by Gasteiger charge is 2.32. The zero-order valence-corrected chi connectivity index (χ0v) is 18.4. The highest BCUT2D eigenvalue weighted by molar-refractivity contribution is 7.92. The molecule has 162 valence electrons. The van der Waals surface area contributed by atoms with Crippen molar-refractivity contribution in [3.05, 3.63) is 63.7 Å². The number of nitrogens with one attached hydrogen (secondary N) is 1. The first-order valence-corrected chi connectivity index (χ1v) is 11.6. The Balaban J connectivity index is 2.50. The second-order valence-electron chi connectivity index (χ2n) is 6.91. The molecule has 2 rings (SSSR count). The van der Waals surface area contributed by atoms with Crippen LogP contribution in [0, 0.1) is 10.1 Å². The first-order valence-electron chi connectivity index (χ1n) is 9.79. The summed E-state index contributed by atoms with van der Waals surface area (Å²) >= 11 is 0. The molecule has 8 nitrogen and oxygen atoms in total. The summed E-state index contributed by atoms with van der Waals surface area (Å²) in [5, 5.41) is 14.1. The highest BCUT2D eigenvalue weighted by Crippen LogP contribution is 2.28. The van der Waals surface area contributed by atoms with E-state index in [9.17, 15) is 23.3 Å². The van der Waals surface area contributed by atoms with Crippen LogP contribution in [0.15, 0.2) is 42.5 Å². The summed E-state index contributed by atoms with van der Waals surface area (Å²) in [4.78, 5) is 23.7. The van der Waals surface area contributed by atoms with Crippen LogP contribution in [0.25, 0.3) is 0 Å². The number of rotatable bonds is 9. The summed E-state index contributed by atoms with van der Waals surface area (Å²) in [6, 6.07) is 9.99. The Kier molecular flexibility index (Phi) is 7.55. The Morgan fingerprint density at radius 1 is 1.10 bits per heavy atom. The van der Waals surface area contributed by atoms with Gasteiger partial charge in [0.05, 0.1) is 16.9 Å². The Morgan fingerprint density at radius 2 is 1.67 bits per heavy atom. The van der Waals surface area contributed by atoms with Crippen molar-refractivity contribution >= 4 is 33.0 Å². The van der Waals surface area contributed by atoms with Gasteiger partial charge in [-0.1, -0.05) is 45.0 Å². The molecule has 2 aromatic rings. The maximum Gasteiger partial charge on any atom is 0.271 e. The molecule has 0 saturated carbocycles. The molecule has 0 saturated heterocycles. The summed E-state index contributed by atoms with van der Waals surface area (Å²) < 4.78 is 26.1. The number of carbonyl (C=O) groups is 1. The molecule has 0 aliphatic carbocycles. The topological polar surface area (TPSA) is 110 Å². The number of amides is 1. The van der Waals surface area contributed by atoms with E-state index in [4.69, 9.17) is 0 Å². The number of aryl methyl sites for hydroxylation is 2. The summed E-state index contributed by atoms with van der Waals surface area (Å²) in [6.45, 7) is 5.66. The standard InChI is InChI=1S/C21H27N3O5S/c1-5-15-10-8-11-16(6-2)20(15)22-21(25)19(7-3)23(30(4,28)29)17-12-9-13-18(14-17)24(26)27/h8-14,19H,5-7H2,1-4H3,(H,22,25)/t19-/m1/s1. The van der Waals surface area contributed by atoms with Crippen LogP contribution < -0.4 is 9.62 Å². The van der Waals surface area contributed by atoms with Crippen molar-refractivity contribution < 1.29 is 18.1 Å². The van der Waals surface area contributed by atoms with Crippen molar-refractivity contribution in [2.45, 2.75) is 46.1 Å². The Bertz CT molecular complexity index is 1010. The van der Waals surface area contributed by atoms with Crippen molar-refractivity contribution in [3.8, 4) is 0 Å². The van der Waals surface area contributed by atoms with Crippen LogP contribution in [0.5, 0.6) is 0 Å². The molecule has 0 aromatic heterocycles. The lowest BCUT2D eigenvalue weighted by atomic mass is 10.0. The summed E-state index contributed by atoms with van der Waals surface area (Å²) in [5.41, 5.74) is 2.44. The van der Waals surface area contributed by atoms with Gasteiger partial charge < -0.3 is 5.32 Å². The van der Waals surface area contributed by atoms with Gasteiger partial charge in [-0.2, -0.15) is 0 Å². The van der Waals surface area contributed by atoms with Gasteiger partial charge in [0, 0.05) is 17.8 Å². The first kappa shape index (κ1) is 23.3. The van der Waals surface area contributed by atoms with Crippen LogP contribution >= 0.6 is 0 Å². The van der Waals surface area contributed by atoms with Crippen LogP contribution in [0.3, 0.4) is 0 Å². The number of hydrogen-bond acceptors (Lipinski definition) is 5. The Hall–Kier alpha value is -2.94. The third-order valence-corrected chi connectivity index (χ3v) is 6.05. The van der Waals surface area contributed by atoms with Crippen LogP contribution in [-0.2, 0) is 27.7 Å². The van der Waals surface area contributed by atoms with Gasteiger partial charge in [-0.15, -0.1) is 0 Å². The molecular weight excluding hydrogens is 406 g/mol. The van der Waals surface area contributed by atoms with Gasteiger partial charge in [-0.25, -0.2) is 8.42 Å². The minimum absolute atomic E-state index is 0.0770. The molecular formula is C21H27N3O5S. The van der Waals surface area contributed by atoms with Crippen molar-refractivity contribution in [2.75, 3.05) is 15.9 Å². The molecule has 0 fully saturated rings. The Labute approximate surface area is 177 Å². The summed E-state index contributed by atoms with van der Waals surface area (Å²) in [5.74, 6) is -0.481. The number of nitrogens with zero attached hydrogens (tertiary/aromatic N) is 2. The first-order chi connectivity index (χ1) is 14.1. The molecule has 0 aliphatic heterocycles. The molecule has 0 heterocycles. The molecule has 0 aliphatic rings. The van der Waals surface area contributed by atoms with Crippen molar-refractivity contribution in [2.24, 2.45) is 0 Å². The summed E-state index contributed by atoms with van der Waals surface area (Å²) in [6.07, 6.45) is 2.60. The van der Waals surface area contributed by atoms with Gasteiger partial charge in [0.15, 0.2) is 0 Å². The number of anilines is 2. The molecule has 1 N–H and O–H groups in total. The normalized spacial score (nSPS) is 12.3. The van der Waals surface area contributed by atoms with Crippen LogP contribution in [-0.4, -0.2) is 31.5 Å². The molecule has 30 heavy (non-hydrogen) atoms. The summed E-state index contributed by atoms with van der Waals surface area (Å²) in [7, 11) is -3.89. The second kappa shape index (κ2) is 9.71. The maximum atomic E-state index is 13.2. The Morgan fingerprint density at radius 3 is 2.13 bits per heavy atom. The number of non-ortho nitro benzene ring substituents is 1. The third kappa shape index (κ3) is 5.15. The number of benzene rings is 2. The van der Waals surface area contributed by atoms with Crippen LogP contribution in [0.2, 0.25) is 0 Å². The smallest absolute Gasteiger partial charge is 0.271 e.